The van der Waals surface area contributed by atoms with Crippen molar-refractivity contribution in [3.63, 3.8) is 0 Å². The third-order valence-corrected chi connectivity index (χ3v) is 5.14. The first kappa shape index (κ1) is 16.9. The van der Waals surface area contributed by atoms with Crippen LogP contribution in [0.25, 0.3) is 0 Å². The van der Waals surface area contributed by atoms with Crippen molar-refractivity contribution in [2.45, 2.75) is 51.7 Å². The molecule has 1 aliphatic carbocycles. The molecule has 0 bridgehead atoms. The number of amides is 2. The molecule has 7 nitrogen and oxygen atoms in total. The van der Waals surface area contributed by atoms with Gasteiger partial charge in [0.2, 0.25) is 11.8 Å². The summed E-state index contributed by atoms with van der Waals surface area (Å²) in [6, 6.07) is 3.57. The number of imidazole rings is 1. The van der Waals surface area contributed by atoms with Gasteiger partial charge in [0.15, 0.2) is 0 Å². The lowest BCUT2D eigenvalue weighted by Gasteiger charge is -2.34. The summed E-state index contributed by atoms with van der Waals surface area (Å²) in [5.41, 5.74) is 0.736. The van der Waals surface area contributed by atoms with Gasteiger partial charge in [-0.3, -0.25) is 9.59 Å². The van der Waals surface area contributed by atoms with Gasteiger partial charge in [0.05, 0.1) is 31.0 Å². The third kappa shape index (κ3) is 3.66. The molecular weight excluding hydrogens is 332 g/mol. The Kier molecular flexibility index (Phi) is 4.53. The van der Waals surface area contributed by atoms with Crippen LogP contribution in [0.15, 0.2) is 29.0 Å². The van der Waals surface area contributed by atoms with Crippen molar-refractivity contribution in [2.24, 2.45) is 5.92 Å². The number of rotatable bonds is 6. The highest BCUT2D eigenvalue weighted by Gasteiger charge is 2.33. The second-order valence-electron chi connectivity index (χ2n) is 7.23. The van der Waals surface area contributed by atoms with Crippen LogP contribution < -0.4 is 5.32 Å². The monoisotopic (exact) mass is 356 g/mol. The molecule has 1 unspecified atom stereocenters. The standard InChI is InChI=1S/C19H24N4O3/c1-13-19-21-15(10-17(24)20-11-16-3-2-8-26-16)12-22(19)6-7-23(13)18(25)9-14-4-5-14/h2-3,8,12-14H,4-7,9-11H2,1H3,(H,20,24). The molecule has 1 atom stereocenters. The third-order valence-electron chi connectivity index (χ3n) is 5.14. The Morgan fingerprint density at radius 3 is 2.92 bits per heavy atom. The van der Waals surface area contributed by atoms with E-state index in [0.717, 1.165) is 23.8 Å². The Morgan fingerprint density at radius 2 is 2.19 bits per heavy atom. The molecule has 2 aliphatic rings. The fraction of sp³-hybridized carbons (Fsp3) is 0.526. The first-order chi connectivity index (χ1) is 12.6. The highest BCUT2D eigenvalue weighted by molar-refractivity contribution is 5.78. The molecule has 1 fully saturated rings. The Bertz CT molecular complexity index is 792. The minimum atomic E-state index is -0.0915. The number of nitrogens with one attached hydrogen (secondary N) is 1. The average molecular weight is 356 g/mol. The minimum absolute atomic E-state index is 0.0464. The van der Waals surface area contributed by atoms with Gasteiger partial charge in [-0.05, 0) is 37.8 Å². The summed E-state index contributed by atoms with van der Waals surface area (Å²) in [5, 5.41) is 2.83. The van der Waals surface area contributed by atoms with Crippen LogP contribution in [0.5, 0.6) is 0 Å². The Balaban J connectivity index is 1.36. The summed E-state index contributed by atoms with van der Waals surface area (Å²) < 4.78 is 7.28. The van der Waals surface area contributed by atoms with Crippen molar-refractivity contribution in [1.29, 1.82) is 0 Å². The van der Waals surface area contributed by atoms with Gasteiger partial charge in [-0.15, -0.1) is 0 Å². The fourth-order valence-corrected chi connectivity index (χ4v) is 3.49. The number of furan rings is 1. The number of hydrogen-bond acceptors (Lipinski definition) is 4. The zero-order valence-corrected chi connectivity index (χ0v) is 15.0. The van der Waals surface area contributed by atoms with Gasteiger partial charge in [-0.1, -0.05) is 0 Å². The van der Waals surface area contributed by atoms with E-state index in [1.54, 1.807) is 12.3 Å². The van der Waals surface area contributed by atoms with Crippen molar-refractivity contribution in [3.05, 3.63) is 41.9 Å². The van der Waals surface area contributed by atoms with E-state index in [2.05, 4.69) is 14.9 Å². The van der Waals surface area contributed by atoms with Gasteiger partial charge in [-0.2, -0.15) is 0 Å². The van der Waals surface area contributed by atoms with E-state index in [9.17, 15) is 9.59 Å². The molecule has 1 N–H and O–H groups in total. The predicted molar refractivity (Wildman–Crippen MR) is 94.0 cm³/mol. The molecule has 138 valence electrons. The molecule has 1 aliphatic heterocycles. The van der Waals surface area contributed by atoms with E-state index in [0.29, 0.717) is 25.4 Å². The van der Waals surface area contributed by atoms with Crippen molar-refractivity contribution in [3.8, 4) is 0 Å². The molecule has 4 rings (SSSR count). The Hall–Kier alpha value is -2.57. The van der Waals surface area contributed by atoms with Gasteiger partial charge >= 0.3 is 0 Å². The van der Waals surface area contributed by atoms with E-state index in [1.807, 2.05) is 24.1 Å². The van der Waals surface area contributed by atoms with Crippen LogP contribution in [0.4, 0.5) is 0 Å². The van der Waals surface area contributed by atoms with Crippen LogP contribution in [0.1, 0.15) is 49.5 Å². The van der Waals surface area contributed by atoms with E-state index in [-0.39, 0.29) is 24.3 Å². The number of nitrogens with zero attached hydrogens (tertiary/aromatic N) is 3. The minimum Gasteiger partial charge on any atom is -0.467 e. The van der Waals surface area contributed by atoms with E-state index in [1.165, 1.54) is 12.8 Å². The van der Waals surface area contributed by atoms with Crippen LogP contribution in [-0.2, 0) is 29.1 Å². The molecule has 3 heterocycles. The smallest absolute Gasteiger partial charge is 0.226 e. The predicted octanol–water partition coefficient (Wildman–Crippen LogP) is 2.04. The first-order valence-corrected chi connectivity index (χ1v) is 9.24. The Labute approximate surface area is 152 Å². The molecule has 26 heavy (non-hydrogen) atoms. The van der Waals surface area contributed by atoms with Crippen LogP contribution >= 0.6 is 0 Å². The maximum Gasteiger partial charge on any atom is 0.226 e. The van der Waals surface area contributed by atoms with Crippen LogP contribution in [0.3, 0.4) is 0 Å². The zero-order valence-electron chi connectivity index (χ0n) is 15.0. The quantitative estimate of drug-likeness (QED) is 0.859. The van der Waals surface area contributed by atoms with Gasteiger partial charge in [-0.25, -0.2) is 4.98 Å². The Morgan fingerprint density at radius 1 is 1.35 bits per heavy atom. The molecule has 2 amide bonds. The lowest BCUT2D eigenvalue weighted by Crippen LogP contribution is -2.41. The van der Waals surface area contributed by atoms with Crippen molar-refractivity contribution in [1.82, 2.24) is 19.8 Å². The van der Waals surface area contributed by atoms with Crippen LogP contribution in [0.2, 0.25) is 0 Å². The number of aromatic nitrogens is 2. The first-order valence-electron chi connectivity index (χ1n) is 9.24. The molecule has 0 radical (unpaired) electrons. The summed E-state index contributed by atoms with van der Waals surface area (Å²) >= 11 is 0. The molecule has 7 heteroatoms. The number of fused-ring (bicyclic) bond motifs is 1. The van der Waals surface area contributed by atoms with Crippen LogP contribution in [-0.4, -0.2) is 32.8 Å². The number of carbonyl (C=O) groups excluding carboxylic acids is 2. The topological polar surface area (TPSA) is 80.4 Å². The lowest BCUT2D eigenvalue weighted by atomic mass is 10.1. The highest BCUT2D eigenvalue weighted by atomic mass is 16.3. The van der Waals surface area contributed by atoms with Crippen molar-refractivity contribution in [2.75, 3.05) is 6.54 Å². The summed E-state index contributed by atoms with van der Waals surface area (Å²) in [6.45, 7) is 3.83. The SMILES string of the molecule is CC1c2nc(CC(=O)NCc3ccco3)cn2CCN1C(=O)CC1CC1. The number of carbonyl (C=O) groups is 2. The van der Waals surface area contributed by atoms with Crippen LogP contribution in [0, 0.1) is 5.92 Å². The summed E-state index contributed by atoms with van der Waals surface area (Å²) in [5.74, 6) is 2.32. The van der Waals surface area contributed by atoms with E-state index < -0.39 is 0 Å². The molecule has 0 saturated heterocycles. The zero-order chi connectivity index (χ0) is 18.1. The van der Waals surface area contributed by atoms with Gasteiger partial charge in [0.25, 0.3) is 0 Å². The van der Waals surface area contributed by atoms with E-state index in [4.69, 9.17) is 4.42 Å². The van der Waals surface area contributed by atoms with Gasteiger partial charge in [0, 0.05) is 25.7 Å². The molecule has 0 spiro atoms. The normalized spacial score (nSPS) is 19.3. The largest absolute Gasteiger partial charge is 0.467 e. The average Bonchev–Trinajstić information content (AvgIpc) is 3.10. The van der Waals surface area contributed by atoms with Crippen molar-refractivity contribution >= 4 is 11.8 Å². The molecule has 0 aromatic carbocycles. The van der Waals surface area contributed by atoms with Crippen molar-refractivity contribution < 1.29 is 14.0 Å². The maximum atomic E-state index is 12.5. The second kappa shape index (κ2) is 6.97. The molecule has 2 aromatic heterocycles. The molecule has 1 saturated carbocycles. The summed E-state index contributed by atoms with van der Waals surface area (Å²) in [4.78, 5) is 31.2. The van der Waals surface area contributed by atoms with E-state index >= 15 is 0 Å². The molecular formula is C19H24N4O3. The molecule has 2 aromatic rings. The summed E-state index contributed by atoms with van der Waals surface area (Å²) in [6.07, 6.45) is 6.76. The highest BCUT2D eigenvalue weighted by Crippen LogP contribution is 2.34. The lowest BCUT2D eigenvalue weighted by molar-refractivity contribution is -0.135. The number of hydrogen-bond donors (Lipinski definition) is 1. The maximum absolute atomic E-state index is 12.5. The summed E-state index contributed by atoms with van der Waals surface area (Å²) in [7, 11) is 0. The fourth-order valence-electron chi connectivity index (χ4n) is 3.49. The van der Waals surface area contributed by atoms with Gasteiger partial charge in [0.1, 0.15) is 11.6 Å². The second-order valence-corrected chi connectivity index (χ2v) is 7.23. The van der Waals surface area contributed by atoms with Gasteiger partial charge < -0.3 is 19.2 Å².